The lowest BCUT2D eigenvalue weighted by Crippen LogP contribution is -2.50. The van der Waals surface area contributed by atoms with Crippen molar-refractivity contribution in [1.29, 1.82) is 0 Å². The Kier molecular flexibility index (Phi) is 7.34. The molecule has 0 spiro atoms. The highest BCUT2D eigenvalue weighted by Gasteiger charge is 2.23. The maximum atomic E-state index is 11.9. The predicted octanol–water partition coefficient (Wildman–Crippen LogP) is 2.07. The molecule has 5 nitrogen and oxygen atoms in total. The summed E-state index contributed by atoms with van der Waals surface area (Å²) in [5, 5.41) is 11.5. The molecule has 1 unspecified atom stereocenters. The first kappa shape index (κ1) is 15.7. The minimum Gasteiger partial charge on any atom is -0.480 e. The third kappa shape index (κ3) is 5.56. The van der Waals surface area contributed by atoms with E-state index in [0.717, 1.165) is 12.8 Å². The van der Waals surface area contributed by atoms with Crippen molar-refractivity contribution in [1.82, 2.24) is 10.2 Å². The van der Waals surface area contributed by atoms with Crippen LogP contribution in [0.2, 0.25) is 0 Å². The zero-order valence-electron chi connectivity index (χ0n) is 11.2. The monoisotopic (exact) mass is 244 g/mol. The fourth-order valence-electron chi connectivity index (χ4n) is 1.61. The number of amides is 2. The molecule has 2 N–H and O–H groups in total. The number of carboxylic acid groups (broad SMARTS) is 1. The van der Waals surface area contributed by atoms with Gasteiger partial charge in [0.1, 0.15) is 6.04 Å². The third-order valence-corrected chi connectivity index (χ3v) is 2.52. The van der Waals surface area contributed by atoms with Gasteiger partial charge in [0.15, 0.2) is 0 Å². The van der Waals surface area contributed by atoms with E-state index < -0.39 is 12.0 Å². The molecule has 0 aromatic carbocycles. The van der Waals surface area contributed by atoms with E-state index in [1.807, 2.05) is 27.7 Å². The number of carbonyl (C=O) groups is 2. The molecule has 1 atom stereocenters. The quantitative estimate of drug-likeness (QED) is 0.720. The molecule has 0 aliphatic rings. The average Bonchev–Trinajstić information content (AvgIpc) is 2.24. The van der Waals surface area contributed by atoms with Gasteiger partial charge in [-0.25, -0.2) is 9.59 Å². The largest absolute Gasteiger partial charge is 0.480 e. The fraction of sp³-hybridized carbons (Fsp3) is 0.833. The summed E-state index contributed by atoms with van der Waals surface area (Å²) in [7, 11) is 0. The van der Waals surface area contributed by atoms with E-state index in [1.165, 1.54) is 0 Å². The zero-order valence-corrected chi connectivity index (χ0v) is 11.2. The molecule has 0 saturated carbocycles. The van der Waals surface area contributed by atoms with Crippen molar-refractivity contribution >= 4 is 12.0 Å². The summed E-state index contributed by atoms with van der Waals surface area (Å²) in [5.41, 5.74) is 0. The van der Waals surface area contributed by atoms with Gasteiger partial charge < -0.3 is 15.3 Å². The smallest absolute Gasteiger partial charge is 0.326 e. The molecule has 0 radical (unpaired) electrons. The number of aliphatic carboxylic acids is 1. The SMILES string of the molecule is CCCC(NC(=O)N(CCC)C(C)C)C(=O)O. The van der Waals surface area contributed by atoms with Gasteiger partial charge >= 0.3 is 12.0 Å². The lowest BCUT2D eigenvalue weighted by atomic mass is 10.2. The number of nitrogens with one attached hydrogen (secondary N) is 1. The van der Waals surface area contributed by atoms with Crippen molar-refractivity contribution < 1.29 is 14.7 Å². The molecule has 0 rings (SSSR count). The van der Waals surface area contributed by atoms with Crippen molar-refractivity contribution in [2.75, 3.05) is 6.54 Å². The van der Waals surface area contributed by atoms with Crippen LogP contribution in [0.15, 0.2) is 0 Å². The van der Waals surface area contributed by atoms with Gasteiger partial charge in [0.2, 0.25) is 0 Å². The summed E-state index contributed by atoms with van der Waals surface area (Å²) >= 11 is 0. The lowest BCUT2D eigenvalue weighted by Gasteiger charge is -2.28. The average molecular weight is 244 g/mol. The molecule has 0 aliphatic heterocycles. The molecule has 100 valence electrons. The van der Waals surface area contributed by atoms with E-state index in [2.05, 4.69) is 5.32 Å². The summed E-state index contributed by atoms with van der Waals surface area (Å²) in [6.07, 6.45) is 2.04. The van der Waals surface area contributed by atoms with Crippen LogP contribution in [0.5, 0.6) is 0 Å². The van der Waals surface area contributed by atoms with Crippen LogP contribution in [0.3, 0.4) is 0 Å². The minimum absolute atomic E-state index is 0.0750. The molecular weight excluding hydrogens is 220 g/mol. The number of hydrogen-bond donors (Lipinski definition) is 2. The number of hydrogen-bond acceptors (Lipinski definition) is 2. The van der Waals surface area contributed by atoms with Crippen molar-refractivity contribution in [3.63, 3.8) is 0 Å². The summed E-state index contributed by atoms with van der Waals surface area (Å²) in [6, 6.07) is -1.00. The van der Waals surface area contributed by atoms with Crippen LogP contribution in [-0.4, -0.2) is 40.6 Å². The van der Waals surface area contributed by atoms with Gasteiger partial charge in [-0.3, -0.25) is 0 Å². The first-order chi connectivity index (χ1) is 7.93. The number of rotatable bonds is 7. The molecule has 17 heavy (non-hydrogen) atoms. The molecule has 0 bridgehead atoms. The lowest BCUT2D eigenvalue weighted by molar-refractivity contribution is -0.139. The highest BCUT2D eigenvalue weighted by atomic mass is 16.4. The minimum atomic E-state index is -0.972. The number of carboxylic acids is 1. The van der Waals surface area contributed by atoms with Crippen molar-refractivity contribution in [2.24, 2.45) is 0 Å². The topological polar surface area (TPSA) is 69.6 Å². The Balaban J connectivity index is 4.50. The van der Waals surface area contributed by atoms with Gasteiger partial charge in [0.25, 0.3) is 0 Å². The van der Waals surface area contributed by atoms with E-state index in [-0.39, 0.29) is 12.1 Å². The Morgan fingerprint density at radius 1 is 1.24 bits per heavy atom. The Morgan fingerprint density at radius 2 is 1.82 bits per heavy atom. The molecular formula is C12H24N2O3. The third-order valence-electron chi connectivity index (χ3n) is 2.52. The molecule has 0 saturated heterocycles. The van der Waals surface area contributed by atoms with Gasteiger partial charge in [-0.2, -0.15) is 0 Å². The van der Waals surface area contributed by atoms with Crippen LogP contribution >= 0.6 is 0 Å². The van der Waals surface area contributed by atoms with Gasteiger partial charge in [-0.1, -0.05) is 20.3 Å². The highest BCUT2D eigenvalue weighted by molar-refractivity contribution is 5.82. The standard InChI is InChI=1S/C12H24N2O3/c1-5-7-10(11(15)16)13-12(17)14(8-6-2)9(3)4/h9-10H,5-8H2,1-4H3,(H,13,17)(H,15,16). The van der Waals surface area contributed by atoms with Crippen molar-refractivity contribution in [3.8, 4) is 0 Å². The van der Waals surface area contributed by atoms with Gasteiger partial charge in [-0.05, 0) is 26.7 Å². The Bertz CT molecular complexity index is 254. The second-order valence-electron chi connectivity index (χ2n) is 4.42. The zero-order chi connectivity index (χ0) is 13.4. The fourth-order valence-corrected chi connectivity index (χ4v) is 1.61. The molecule has 0 heterocycles. The van der Waals surface area contributed by atoms with Crippen LogP contribution in [0.4, 0.5) is 4.79 Å². The Morgan fingerprint density at radius 3 is 2.18 bits per heavy atom. The molecule has 0 aliphatic carbocycles. The van der Waals surface area contributed by atoms with Crippen LogP contribution in [0, 0.1) is 0 Å². The van der Waals surface area contributed by atoms with E-state index in [4.69, 9.17) is 5.11 Å². The maximum absolute atomic E-state index is 11.9. The normalized spacial score (nSPS) is 12.3. The van der Waals surface area contributed by atoms with Crippen LogP contribution < -0.4 is 5.32 Å². The van der Waals surface area contributed by atoms with Crippen LogP contribution in [-0.2, 0) is 4.79 Å². The molecule has 5 heteroatoms. The van der Waals surface area contributed by atoms with E-state index >= 15 is 0 Å². The second kappa shape index (κ2) is 7.92. The molecule has 0 aromatic rings. The van der Waals surface area contributed by atoms with Crippen molar-refractivity contribution in [3.05, 3.63) is 0 Å². The first-order valence-electron chi connectivity index (χ1n) is 6.23. The Labute approximate surface area is 103 Å². The highest BCUT2D eigenvalue weighted by Crippen LogP contribution is 2.03. The Hall–Kier alpha value is -1.26. The molecule has 0 fully saturated rings. The maximum Gasteiger partial charge on any atom is 0.326 e. The summed E-state index contributed by atoms with van der Waals surface area (Å²) in [6.45, 7) is 8.37. The molecule has 2 amide bonds. The van der Waals surface area contributed by atoms with E-state index in [1.54, 1.807) is 4.90 Å². The predicted molar refractivity (Wildman–Crippen MR) is 67.0 cm³/mol. The number of nitrogens with zero attached hydrogens (tertiary/aromatic N) is 1. The van der Waals surface area contributed by atoms with E-state index in [9.17, 15) is 9.59 Å². The first-order valence-corrected chi connectivity index (χ1v) is 6.23. The van der Waals surface area contributed by atoms with Gasteiger partial charge in [0, 0.05) is 12.6 Å². The van der Waals surface area contributed by atoms with Crippen LogP contribution in [0.25, 0.3) is 0 Å². The van der Waals surface area contributed by atoms with Crippen molar-refractivity contribution in [2.45, 2.75) is 59.0 Å². The summed E-state index contributed by atoms with van der Waals surface area (Å²) < 4.78 is 0. The van der Waals surface area contributed by atoms with E-state index in [0.29, 0.717) is 13.0 Å². The summed E-state index contributed by atoms with van der Waals surface area (Å²) in [5.74, 6) is -0.972. The number of urea groups is 1. The molecule has 0 aromatic heterocycles. The van der Waals surface area contributed by atoms with Crippen LogP contribution in [0.1, 0.15) is 47.0 Å². The second-order valence-corrected chi connectivity index (χ2v) is 4.42. The number of carbonyl (C=O) groups excluding carboxylic acids is 1. The van der Waals surface area contributed by atoms with Gasteiger partial charge in [-0.15, -0.1) is 0 Å². The summed E-state index contributed by atoms with van der Waals surface area (Å²) in [4.78, 5) is 24.5. The van der Waals surface area contributed by atoms with Gasteiger partial charge in [0.05, 0.1) is 0 Å².